The number of halogens is 2. The quantitative estimate of drug-likeness (QED) is 0.846. The van der Waals surface area contributed by atoms with Crippen LogP contribution in [0.2, 0.25) is 0 Å². The molecule has 0 saturated carbocycles. The Bertz CT molecular complexity index is 738. The van der Waals surface area contributed by atoms with E-state index in [9.17, 15) is 23.2 Å². The normalized spacial score (nSPS) is 25.8. The second-order valence-electron chi connectivity index (χ2n) is 6.77. The number of carbonyl (C=O) groups excluding carboxylic acids is 3. The van der Waals surface area contributed by atoms with Gasteiger partial charge in [0.15, 0.2) is 0 Å². The van der Waals surface area contributed by atoms with Crippen LogP contribution in [0.25, 0.3) is 0 Å². The lowest BCUT2D eigenvalue weighted by Crippen LogP contribution is -2.62. The summed E-state index contributed by atoms with van der Waals surface area (Å²) in [7, 11) is 0. The van der Waals surface area contributed by atoms with Crippen molar-refractivity contribution in [2.75, 3.05) is 6.54 Å². The van der Waals surface area contributed by atoms with E-state index in [0.717, 1.165) is 18.2 Å². The van der Waals surface area contributed by atoms with E-state index in [1.807, 2.05) is 13.8 Å². The molecule has 25 heavy (non-hydrogen) atoms. The minimum atomic E-state index is -0.830. The van der Waals surface area contributed by atoms with Crippen molar-refractivity contribution in [3.05, 3.63) is 35.4 Å². The van der Waals surface area contributed by atoms with Crippen molar-refractivity contribution in [1.82, 2.24) is 15.5 Å². The molecule has 0 unspecified atom stereocenters. The van der Waals surface area contributed by atoms with E-state index in [1.54, 1.807) is 0 Å². The molecule has 0 aliphatic carbocycles. The van der Waals surface area contributed by atoms with Gasteiger partial charge in [-0.05, 0) is 30.5 Å². The Labute approximate surface area is 143 Å². The molecule has 0 spiro atoms. The van der Waals surface area contributed by atoms with Gasteiger partial charge in [0.05, 0.1) is 5.56 Å². The van der Waals surface area contributed by atoms with Gasteiger partial charge in [0.2, 0.25) is 11.8 Å². The fourth-order valence-corrected chi connectivity index (χ4v) is 3.31. The van der Waals surface area contributed by atoms with E-state index in [1.165, 1.54) is 4.90 Å². The summed E-state index contributed by atoms with van der Waals surface area (Å²) in [6.07, 6.45) is 0.241. The number of nitrogens with one attached hydrogen (secondary N) is 2. The highest BCUT2D eigenvalue weighted by atomic mass is 19.1. The summed E-state index contributed by atoms with van der Waals surface area (Å²) in [5.41, 5.74) is -0.402. The molecule has 134 valence electrons. The summed E-state index contributed by atoms with van der Waals surface area (Å²) in [5.74, 6) is -2.81. The van der Waals surface area contributed by atoms with Crippen molar-refractivity contribution in [3.63, 3.8) is 0 Å². The summed E-state index contributed by atoms with van der Waals surface area (Å²) >= 11 is 0. The van der Waals surface area contributed by atoms with Crippen molar-refractivity contribution in [1.29, 1.82) is 0 Å². The minimum absolute atomic E-state index is 0.0487. The molecule has 0 aromatic heterocycles. The van der Waals surface area contributed by atoms with Gasteiger partial charge < -0.3 is 15.5 Å². The van der Waals surface area contributed by atoms with Crippen molar-refractivity contribution < 1.29 is 23.2 Å². The van der Waals surface area contributed by atoms with Crippen molar-refractivity contribution >= 4 is 17.7 Å². The second kappa shape index (κ2) is 6.42. The number of fused-ring (bicyclic) bond motifs is 1. The van der Waals surface area contributed by atoms with Crippen LogP contribution in [-0.4, -0.2) is 47.3 Å². The van der Waals surface area contributed by atoms with Crippen molar-refractivity contribution in [2.24, 2.45) is 5.92 Å². The van der Waals surface area contributed by atoms with Gasteiger partial charge in [-0.1, -0.05) is 13.8 Å². The number of benzene rings is 1. The number of amides is 3. The maximum absolute atomic E-state index is 13.7. The molecule has 3 atom stereocenters. The first kappa shape index (κ1) is 17.3. The molecule has 3 rings (SSSR count). The molecule has 2 fully saturated rings. The van der Waals surface area contributed by atoms with E-state index in [4.69, 9.17) is 0 Å². The third kappa shape index (κ3) is 3.20. The molecule has 2 aliphatic heterocycles. The number of piperazine rings is 1. The van der Waals surface area contributed by atoms with E-state index in [0.29, 0.717) is 0 Å². The van der Waals surface area contributed by atoms with Crippen LogP contribution < -0.4 is 10.6 Å². The predicted octanol–water partition coefficient (Wildman–Crippen LogP) is 0.818. The van der Waals surface area contributed by atoms with E-state index >= 15 is 0 Å². The third-order valence-corrected chi connectivity index (χ3v) is 4.63. The minimum Gasteiger partial charge on any atom is -0.347 e. The smallest absolute Gasteiger partial charge is 0.254 e. The number of nitrogens with zero attached hydrogens (tertiary/aromatic N) is 1. The summed E-state index contributed by atoms with van der Waals surface area (Å²) in [6, 6.07) is 0.896. The molecular formula is C17H19F2N3O3. The highest BCUT2D eigenvalue weighted by Gasteiger charge is 2.47. The van der Waals surface area contributed by atoms with Crippen LogP contribution in [0.3, 0.4) is 0 Å². The van der Waals surface area contributed by atoms with Gasteiger partial charge in [0.1, 0.15) is 23.7 Å². The van der Waals surface area contributed by atoms with Crippen LogP contribution in [-0.2, 0) is 9.59 Å². The van der Waals surface area contributed by atoms with E-state index in [-0.39, 0.29) is 30.7 Å². The molecule has 1 aromatic rings. The first-order valence-electron chi connectivity index (χ1n) is 8.14. The number of rotatable bonds is 3. The predicted molar refractivity (Wildman–Crippen MR) is 84.5 cm³/mol. The largest absolute Gasteiger partial charge is 0.347 e. The highest BCUT2D eigenvalue weighted by Crippen LogP contribution is 2.25. The molecule has 0 radical (unpaired) electrons. The van der Waals surface area contributed by atoms with Crippen molar-refractivity contribution in [2.45, 2.75) is 38.4 Å². The van der Waals surface area contributed by atoms with E-state index in [2.05, 4.69) is 10.6 Å². The Morgan fingerprint density at radius 3 is 2.72 bits per heavy atom. The van der Waals surface area contributed by atoms with Crippen LogP contribution in [0.5, 0.6) is 0 Å². The molecule has 2 aliphatic rings. The number of carbonyl (C=O) groups is 3. The fourth-order valence-electron chi connectivity index (χ4n) is 3.31. The Balaban J connectivity index is 1.72. The molecule has 2 heterocycles. The van der Waals surface area contributed by atoms with Crippen molar-refractivity contribution in [3.8, 4) is 0 Å². The van der Waals surface area contributed by atoms with Gasteiger partial charge in [-0.3, -0.25) is 14.4 Å². The summed E-state index contributed by atoms with van der Waals surface area (Å²) in [6.45, 7) is 3.85. The Morgan fingerprint density at radius 2 is 2.04 bits per heavy atom. The highest BCUT2D eigenvalue weighted by molar-refractivity contribution is 5.98. The van der Waals surface area contributed by atoms with Crippen LogP contribution in [0.4, 0.5) is 8.78 Å². The lowest BCUT2D eigenvalue weighted by atomic mass is 9.98. The topological polar surface area (TPSA) is 78.5 Å². The first-order valence-corrected chi connectivity index (χ1v) is 8.14. The molecule has 1 aromatic carbocycles. The zero-order valence-corrected chi connectivity index (χ0v) is 13.9. The fraction of sp³-hybridized carbons (Fsp3) is 0.471. The maximum Gasteiger partial charge on any atom is 0.254 e. The van der Waals surface area contributed by atoms with Crippen LogP contribution in [0.1, 0.15) is 30.6 Å². The van der Waals surface area contributed by atoms with Gasteiger partial charge in [-0.2, -0.15) is 0 Å². The molecule has 2 saturated heterocycles. The molecule has 6 nitrogen and oxygen atoms in total. The summed E-state index contributed by atoms with van der Waals surface area (Å²) in [4.78, 5) is 38.3. The Hall–Kier alpha value is -2.51. The summed E-state index contributed by atoms with van der Waals surface area (Å²) in [5, 5.41) is 5.29. The average Bonchev–Trinajstić information content (AvgIpc) is 2.97. The molecule has 2 N–H and O–H groups in total. The Morgan fingerprint density at radius 1 is 1.32 bits per heavy atom. The molecular weight excluding hydrogens is 332 g/mol. The van der Waals surface area contributed by atoms with Gasteiger partial charge in [0, 0.05) is 12.6 Å². The van der Waals surface area contributed by atoms with Gasteiger partial charge in [0.25, 0.3) is 5.91 Å². The zero-order valence-electron chi connectivity index (χ0n) is 13.9. The summed E-state index contributed by atoms with van der Waals surface area (Å²) < 4.78 is 26.9. The number of hydrogen-bond donors (Lipinski definition) is 2. The lowest BCUT2D eigenvalue weighted by molar-refractivity contribution is -0.148. The monoisotopic (exact) mass is 351 g/mol. The second-order valence-corrected chi connectivity index (χ2v) is 6.77. The Kier molecular flexibility index (Phi) is 4.45. The molecule has 3 amide bonds. The van der Waals surface area contributed by atoms with Gasteiger partial charge >= 0.3 is 0 Å². The first-order chi connectivity index (χ1) is 11.8. The average molecular weight is 351 g/mol. The van der Waals surface area contributed by atoms with Gasteiger partial charge in [-0.15, -0.1) is 0 Å². The molecule has 8 heteroatoms. The third-order valence-electron chi connectivity index (χ3n) is 4.63. The lowest BCUT2D eigenvalue weighted by Gasteiger charge is -2.36. The van der Waals surface area contributed by atoms with Gasteiger partial charge in [-0.25, -0.2) is 8.78 Å². The standard InChI is InChI=1S/C17H19F2N3O3/c1-8(2)14-17(25)22-7-10(6-13(22)16(24)21-14)20-15(23)11-5-9(18)3-4-12(11)19/h3-5,8,10,13-14H,6-7H2,1-2H3,(H,20,23)(H,21,24)/t10-,13-,14+/m0/s1. The molecule has 0 bridgehead atoms. The SMILES string of the molecule is CC(C)[C@H]1NC(=O)[C@@H]2C[C@H](NC(=O)c3cc(F)ccc3F)CN2C1=O. The van der Waals surface area contributed by atoms with Crippen LogP contribution >= 0.6 is 0 Å². The van der Waals surface area contributed by atoms with Crippen LogP contribution in [0, 0.1) is 17.6 Å². The van der Waals surface area contributed by atoms with E-state index < -0.39 is 41.2 Å². The number of hydrogen-bond acceptors (Lipinski definition) is 3. The zero-order chi connectivity index (χ0) is 18.3. The van der Waals surface area contributed by atoms with Crippen LogP contribution in [0.15, 0.2) is 18.2 Å². The maximum atomic E-state index is 13.7.